The highest BCUT2D eigenvalue weighted by Crippen LogP contribution is 2.22. The van der Waals surface area contributed by atoms with E-state index in [2.05, 4.69) is 25.1 Å². The van der Waals surface area contributed by atoms with Gasteiger partial charge < -0.3 is 4.90 Å². The number of hydrogen-bond donors (Lipinski definition) is 0. The summed E-state index contributed by atoms with van der Waals surface area (Å²) in [6, 6.07) is 3.76. The monoisotopic (exact) mass is 342 g/mol. The predicted molar refractivity (Wildman–Crippen MR) is 88.6 cm³/mol. The van der Waals surface area contributed by atoms with Crippen LogP contribution in [0, 0.1) is 6.92 Å². The summed E-state index contributed by atoms with van der Waals surface area (Å²) >= 11 is 13.6. The maximum atomic E-state index is 5.94. The molecule has 0 aromatic carbocycles. The number of rotatable bonds is 3. The zero-order valence-electron chi connectivity index (χ0n) is 11.7. The van der Waals surface area contributed by atoms with E-state index in [9.17, 15) is 0 Å². The lowest BCUT2D eigenvalue weighted by Gasteiger charge is -2.34. The van der Waals surface area contributed by atoms with Crippen LogP contribution in [0.25, 0.3) is 0 Å². The van der Waals surface area contributed by atoms with Gasteiger partial charge in [0.05, 0.1) is 5.69 Å². The SMILES string of the molecule is Cc1csc(N2CCN(Cc3cc(Cl)nc(Cl)c3)CC2)n1. The summed E-state index contributed by atoms with van der Waals surface area (Å²) in [7, 11) is 0. The lowest BCUT2D eigenvalue weighted by atomic mass is 10.2. The number of aryl methyl sites for hydroxylation is 1. The molecule has 112 valence electrons. The van der Waals surface area contributed by atoms with Crippen molar-refractivity contribution in [3.8, 4) is 0 Å². The van der Waals surface area contributed by atoms with Gasteiger partial charge in [0.1, 0.15) is 10.3 Å². The first-order valence-corrected chi connectivity index (χ1v) is 8.45. The van der Waals surface area contributed by atoms with Gasteiger partial charge in [-0.1, -0.05) is 23.2 Å². The van der Waals surface area contributed by atoms with E-state index >= 15 is 0 Å². The van der Waals surface area contributed by atoms with Crippen LogP contribution in [0.3, 0.4) is 0 Å². The summed E-state index contributed by atoms with van der Waals surface area (Å²) in [4.78, 5) is 13.3. The van der Waals surface area contributed by atoms with Crippen LogP contribution in [-0.2, 0) is 6.54 Å². The molecule has 2 aromatic rings. The van der Waals surface area contributed by atoms with Crippen LogP contribution in [0.5, 0.6) is 0 Å². The molecule has 0 radical (unpaired) electrons. The fourth-order valence-electron chi connectivity index (χ4n) is 2.45. The Morgan fingerprint density at radius 1 is 1.10 bits per heavy atom. The number of pyridine rings is 1. The van der Waals surface area contributed by atoms with Gasteiger partial charge in [-0.3, -0.25) is 4.90 Å². The third-order valence-electron chi connectivity index (χ3n) is 3.48. The molecule has 1 aliphatic rings. The molecule has 4 nitrogen and oxygen atoms in total. The Bertz CT molecular complexity index is 603. The summed E-state index contributed by atoms with van der Waals surface area (Å²) in [5, 5.41) is 4.13. The van der Waals surface area contributed by atoms with E-state index < -0.39 is 0 Å². The summed E-state index contributed by atoms with van der Waals surface area (Å²) < 4.78 is 0. The zero-order chi connectivity index (χ0) is 14.8. The molecule has 0 saturated carbocycles. The normalized spacial score (nSPS) is 16.4. The topological polar surface area (TPSA) is 32.3 Å². The van der Waals surface area contributed by atoms with Gasteiger partial charge in [-0.25, -0.2) is 9.97 Å². The quantitative estimate of drug-likeness (QED) is 0.799. The first-order chi connectivity index (χ1) is 10.1. The minimum atomic E-state index is 0.453. The van der Waals surface area contributed by atoms with Gasteiger partial charge in [0.2, 0.25) is 0 Å². The highest BCUT2D eigenvalue weighted by Gasteiger charge is 2.19. The van der Waals surface area contributed by atoms with Crippen LogP contribution >= 0.6 is 34.5 Å². The minimum Gasteiger partial charge on any atom is -0.346 e. The number of anilines is 1. The molecular formula is C14H16Cl2N4S. The molecule has 0 spiro atoms. The van der Waals surface area contributed by atoms with Gasteiger partial charge in [0, 0.05) is 38.1 Å². The molecule has 1 aliphatic heterocycles. The van der Waals surface area contributed by atoms with Crippen molar-refractivity contribution in [2.75, 3.05) is 31.1 Å². The van der Waals surface area contributed by atoms with E-state index in [-0.39, 0.29) is 0 Å². The second-order valence-corrected chi connectivity index (χ2v) is 6.77. The van der Waals surface area contributed by atoms with Crippen LogP contribution in [0.4, 0.5) is 5.13 Å². The molecule has 1 fully saturated rings. The Morgan fingerprint density at radius 3 is 2.33 bits per heavy atom. The lowest BCUT2D eigenvalue weighted by Crippen LogP contribution is -2.45. The fraction of sp³-hybridized carbons (Fsp3) is 0.429. The molecule has 3 rings (SSSR count). The molecule has 21 heavy (non-hydrogen) atoms. The molecule has 7 heteroatoms. The van der Waals surface area contributed by atoms with Crippen molar-refractivity contribution >= 4 is 39.7 Å². The minimum absolute atomic E-state index is 0.453. The van der Waals surface area contributed by atoms with Gasteiger partial charge in [0.15, 0.2) is 5.13 Å². The van der Waals surface area contributed by atoms with Crippen molar-refractivity contribution in [3.63, 3.8) is 0 Å². The molecule has 1 saturated heterocycles. The second kappa shape index (κ2) is 6.48. The Labute approximate surface area is 138 Å². The average molecular weight is 343 g/mol. The van der Waals surface area contributed by atoms with Gasteiger partial charge in [-0.15, -0.1) is 11.3 Å². The van der Waals surface area contributed by atoms with Crippen molar-refractivity contribution in [1.82, 2.24) is 14.9 Å². The van der Waals surface area contributed by atoms with Crippen LogP contribution < -0.4 is 4.90 Å². The maximum Gasteiger partial charge on any atom is 0.185 e. The highest BCUT2D eigenvalue weighted by atomic mass is 35.5. The number of aromatic nitrogens is 2. The van der Waals surface area contributed by atoms with E-state index in [0.717, 1.165) is 49.1 Å². The van der Waals surface area contributed by atoms with Crippen LogP contribution in [0.2, 0.25) is 10.3 Å². The number of piperazine rings is 1. The first-order valence-electron chi connectivity index (χ1n) is 6.81. The van der Waals surface area contributed by atoms with E-state index in [4.69, 9.17) is 23.2 Å². The number of thiazole rings is 1. The van der Waals surface area contributed by atoms with E-state index in [1.807, 2.05) is 19.1 Å². The molecule has 0 aliphatic carbocycles. The second-order valence-electron chi connectivity index (χ2n) is 5.16. The molecule has 3 heterocycles. The third-order valence-corrected chi connectivity index (χ3v) is 4.89. The highest BCUT2D eigenvalue weighted by molar-refractivity contribution is 7.13. The lowest BCUT2D eigenvalue weighted by molar-refractivity contribution is 0.250. The predicted octanol–water partition coefficient (Wildman–Crippen LogP) is 3.48. The standard InChI is InChI=1S/C14H16Cl2N4S/c1-10-9-21-14(17-10)20-4-2-19(3-5-20)8-11-6-12(15)18-13(16)7-11/h6-7,9H,2-5,8H2,1H3. The van der Waals surface area contributed by atoms with Gasteiger partial charge in [-0.2, -0.15) is 0 Å². The summed E-state index contributed by atoms with van der Waals surface area (Å²) in [5.41, 5.74) is 2.21. The molecule has 0 amide bonds. The molecule has 0 bridgehead atoms. The van der Waals surface area contributed by atoms with Crippen molar-refractivity contribution in [3.05, 3.63) is 39.1 Å². The van der Waals surface area contributed by atoms with Crippen molar-refractivity contribution in [2.24, 2.45) is 0 Å². The van der Waals surface area contributed by atoms with Crippen LogP contribution in [0.15, 0.2) is 17.5 Å². The Morgan fingerprint density at radius 2 is 1.76 bits per heavy atom. The summed E-state index contributed by atoms with van der Waals surface area (Å²) in [5.74, 6) is 0. The van der Waals surface area contributed by atoms with E-state index in [1.165, 1.54) is 0 Å². The van der Waals surface area contributed by atoms with Crippen molar-refractivity contribution in [1.29, 1.82) is 0 Å². The number of halogens is 2. The maximum absolute atomic E-state index is 5.94. The molecule has 0 unspecified atom stereocenters. The van der Waals surface area contributed by atoms with E-state index in [1.54, 1.807) is 11.3 Å². The number of hydrogen-bond acceptors (Lipinski definition) is 5. The fourth-order valence-corrected chi connectivity index (χ4v) is 3.81. The first kappa shape index (κ1) is 15.0. The molecule has 2 aromatic heterocycles. The Hall–Kier alpha value is -0.880. The summed E-state index contributed by atoms with van der Waals surface area (Å²) in [6.45, 7) is 6.91. The van der Waals surface area contributed by atoms with Crippen LogP contribution in [-0.4, -0.2) is 41.0 Å². The molecule has 0 N–H and O–H groups in total. The Balaban J connectivity index is 1.58. The van der Waals surface area contributed by atoms with Crippen LogP contribution in [0.1, 0.15) is 11.3 Å². The molecule has 0 atom stereocenters. The Kier molecular flexibility index (Phi) is 4.64. The zero-order valence-corrected chi connectivity index (χ0v) is 14.0. The van der Waals surface area contributed by atoms with Gasteiger partial charge in [0.25, 0.3) is 0 Å². The van der Waals surface area contributed by atoms with Crippen molar-refractivity contribution < 1.29 is 0 Å². The average Bonchev–Trinajstić information content (AvgIpc) is 2.85. The van der Waals surface area contributed by atoms with Gasteiger partial charge in [-0.05, 0) is 24.6 Å². The van der Waals surface area contributed by atoms with Crippen molar-refractivity contribution in [2.45, 2.75) is 13.5 Å². The third kappa shape index (κ3) is 3.86. The van der Waals surface area contributed by atoms with Gasteiger partial charge >= 0.3 is 0 Å². The smallest absolute Gasteiger partial charge is 0.185 e. The summed E-state index contributed by atoms with van der Waals surface area (Å²) in [6.07, 6.45) is 0. The largest absolute Gasteiger partial charge is 0.346 e. The number of nitrogens with zero attached hydrogens (tertiary/aromatic N) is 4. The van der Waals surface area contributed by atoms with E-state index in [0.29, 0.717) is 10.3 Å². The molecular weight excluding hydrogens is 327 g/mol.